The molecule has 0 aliphatic heterocycles. The average Bonchev–Trinajstić information content (AvgIpc) is 2.82. The zero-order valence-electron chi connectivity index (χ0n) is 17.7. The molecule has 0 radical (unpaired) electrons. The Hall–Kier alpha value is -2.69. The number of aromatic nitrogens is 1. The van der Waals surface area contributed by atoms with Gasteiger partial charge in [0.25, 0.3) is 0 Å². The summed E-state index contributed by atoms with van der Waals surface area (Å²) in [5, 5.41) is 5.53. The molecule has 0 aliphatic rings. The van der Waals surface area contributed by atoms with Crippen molar-refractivity contribution in [2.24, 2.45) is 0 Å². The van der Waals surface area contributed by atoms with Gasteiger partial charge in [0.05, 0.1) is 5.52 Å². The Bertz CT molecular complexity index is 1430. The van der Waals surface area contributed by atoms with E-state index in [0.29, 0.717) is 12.3 Å². The Morgan fingerprint density at radius 1 is 0.875 bits per heavy atom. The summed E-state index contributed by atoms with van der Waals surface area (Å²) in [4.78, 5) is 15.4. The van der Waals surface area contributed by atoms with Crippen molar-refractivity contribution in [2.75, 3.05) is 7.05 Å². The molecule has 1 atom stereocenters. The maximum Gasteiger partial charge on any atom is 0.326 e. The van der Waals surface area contributed by atoms with Gasteiger partial charge in [-0.3, -0.25) is 9.55 Å². The maximum absolute atomic E-state index is 13.3. The van der Waals surface area contributed by atoms with Crippen LogP contribution in [0.3, 0.4) is 0 Å². The van der Waals surface area contributed by atoms with E-state index in [1.54, 1.807) is 17.9 Å². The molecule has 160 valence electrons. The molecular formula is C26H23N2O2PS. The second-order valence-electron chi connectivity index (χ2n) is 7.87. The first-order valence-corrected chi connectivity index (χ1v) is 13.6. The van der Waals surface area contributed by atoms with E-state index < -0.39 is 6.72 Å². The van der Waals surface area contributed by atoms with Gasteiger partial charge >= 0.3 is 6.72 Å². The van der Waals surface area contributed by atoms with Crippen LogP contribution in [-0.4, -0.2) is 21.6 Å². The van der Waals surface area contributed by atoms with Gasteiger partial charge in [-0.2, -0.15) is 0 Å². The van der Waals surface area contributed by atoms with Crippen molar-refractivity contribution in [1.82, 2.24) is 9.65 Å². The smallest absolute Gasteiger partial charge is 0.325 e. The summed E-state index contributed by atoms with van der Waals surface area (Å²) in [5.41, 5.74) is 2.92. The molecule has 32 heavy (non-hydrogen) atoms. The predicted octanol–water partition coefficient (Wildman–Crippen LogP) is 7.01. The molecule has 0 aliphatic carbocycles. The number of rotatable bonds is 6. The molecule has 0 saturated carbocycles. The highest BCUT2D eigenvalue weighted by Gasteiger charge is 2.27. The first-order valence-electron chi connectivity index (χ1n) is 10.4. The van der Waals surface area contributed by atoms with Crippen LogP contribution in [0.15, 0.2) is 91.1 Å². The Kier molecular flexibility index (Phi) is 5.75. The molecule has 6 heteroatoms. The Morgan fingerprint density at radius 3 is 2.22 bits per heavy atom. The van der Waals surface area contributed by atoms with E-state index in [1.165, 1.54) is 0 Å². The zero-order chi connectivity index (χ0) is 22.1. The highest BCUT2D eigenvalue weighted by Crippen LogP contribution is 2.59. The molecule has 0 spiro atoms. The molecule has 1 N–H and O–H groups in total. The lowest BCUT2D eigenvalue weighted by molar-refractivity contribution is 0.399. The van der Waals surface area contributed by atoms with Crippen molar-refractivity contribution in [1.29, 1.82) is 0 Å². The molecule has 0 saturated heterocycles. The summed E-state index contributed by atoms with van der Waals surface area (Å²) in [6.07, 6.45) is 1.76. The van der Waals surface area contributed by atoms with E-state index in [-0.39, 0.29) is 0 Å². The van der Waals surface area contributed by atoms with E-state index in [2.05, 4.69) is 35.3 Å². The van der Waals surface area contributed by atoms with Crippen LogP contribution in [0.5, 0.6) is 0 Å². The van der Waals surface area contributed by atoms with Gasteiger partial charge in [0.15, 0.2) is 0 Å². The molecular weight excluding hydrogens is 435 g/mol. The van der Waals surface area contributed by atoms with Gasteiger partial charge in [0, 0.05) is 23.9 Å². The predicted molar refractivity (Wildman–Crippen MR) is 136 cm³/mol. The lowest BCUT2D eigenvalue weighted by Crippen LogP contribution is -2.13. The van der Waals surface area contributed by atoms with Crippen LogP contribution in [0.2, 0.25) is 0 Å². The third-order valence-corrected chi connectivity index (χ3v) is 9.82. The van der Waals surface area contributed by atoms with Crippen LogP contribution < -0.4 is 0 Å². The van der Waals surface area contributed by atoms with Crippen molar-refractivity contribution >= 4 is 50.6 Å². The molecule has 0 fully saturated rings. The largest absolute Gasteiger partial charge is 0.326 e. The van der Waals surface area contributed by atoms with Gasteiger partial charge in [-0.05, 0) is 63.2 Å². The van der Waals surface area contributed by atoms with Crippen LogP contribution in [0.25, 0.3) is 32.4 Å². The normalized spacial score (nSPS) is 13.7. The van der Waals surface area contributed by atoms with Crippen LogP contribution in [0, 0.1) is 0 Å². The molecule has 1 aromatic heterocycles. The number of fused-ring (bicyclic) bond motifs is 3. The fourth-order valence-corrected chi connectivity index (χ4v) is 6.88. The van der Waals surface area contributed by atoms with Gasteiger partial charge in [-0.25, -0.2) is 4.67 Å². The third kappa shape index (κ3) is 4.05. The van der Waals surface area contributed by atoms with Gasteiger partial charge in [0.1, 0.15) is 0 Å². The van der Waals surface area contributed by atoms with E-state index >= 15 is 0 Å². The molecule has 1 unspecified atom stereocenters. The summed E-state index contributed by atoms with van der Waals surface area (Å²) in [5.74, 6) is 0.419. The van der Waals surface area contributed by atoms with Crippen molar-refractivity contribution in [3.63, 3.8) is 0 Å². The molecule has 5 rings (SSSR count). The minimum atomic E-state index is -3.63. The third-order valence-electron chi connectivity index (χ3n) is 5.81. The van der Waals surface area contributed by atoms with Crippen LogP contribution >= 0.6 is 18.1 Å². The number of benzene rings is 4. The van der Waals surface area contributed by atoms with Crippen LogP contribution in [0.4, 0.5) is 0 Å². The first kappa shape index (κ1) is 21.2. The summed E-state index contributed by atoms with van der Waals surface area (Å²) < 4.78 is 14.9. The zero-order valence-corrected chi connectivity index (χ0v) is 19.4. The molecule has 0 amide bonds. The first-order chi connectivity index (χ1) is 15.5. The molecule has 4 nitrogen and oxygen atoms in total. The van der Waals surface area contributed by atoms with Gasteiger partial charge in [-0.1, -0.05) is 72.8 Å². The van der Waals surface area contributed by atoms with Crippen LogP contribution in [-0.2, 0) is 16.9 Å². The Balaban J connectivity index is 1.44. The van der Waals surface area contributed by atoms with Gasteiger partial charge < -0.3 is 4.89 Å². The molecule has 0 bridgehead atoms. The van der Waals surface area contributed by atoms with E-state index in [0.717, 1.165) is 55.0 Å². The summed E-state index contributed by atoms with van der Waals surface area (Å²) in [7, 11) is 1.73. The van der Waals surface area contributed by atoms with E-state index in [9.17, 15) is 9.46 Å². The monoisotopic (exact) mass is 458 g/mol. The van der Waals surface area contributed by atoms with E-state index in [4.69, 9.17) is 0 Å². The summed E-state index contributed by atoms with van der Waals surface area (Å²) >= 11 is 1.08. The summed E-state index contributed by atoms with van der Waals surface area (Å²) in [6.45, 7) is -3.24. The number of para-hydroxylation sites is 1. The number of hydrogen-bond acceptors (Lipinski definition) is 3. The molecule has 1 heterocycles. The van der Waals surface area contributed by atoms with Crippen molar-refractivity contribution in [3.8, 4) is 0 Å². The lowest BCUT2D eigenvalue weighted by atomic mass is 9.97. The SMILES string of the molecule is CN(Cc1c2ccccc2cc2ccccc12)P(=O)(O)SCc1cccc2cccnc12. The number of hydrogen-bond donors (Lipinski definition) is 1. The molecule has 4 aromatic carbocycles. The quantitative estimate of drug-likeness (QED) is 0.219. The summed E-state index contributed by atoms with van der Waals surface area (Å²) in [6, 6.07) is 28.5. The van der Waals surface area contributed by atoms with E-state index in [1.807, 2.05) is 54.6 Å². The Morgan fingerprint density at radius 2 is 1.50 bits per heavy atom. The number of nitrogens with zero attached hydrogens (tertiary/aromatic N) is 2. The van der Waals surface area contributed by atoms with Gasteiger partial charge in [0.2, 0.25) is 0 Å². The van der Waals surface area contributed by atoms with Gasteiger partial charge in [-0.15, -0.1) is 0 Å². The second-order valence-corrected chi connectivity index (χ2v) is 12.3. The fraction of sp³-hybridized carbons (Fsp3) is 0.115. The minimum Gasteiger partial charge on any atom is -0.325 e. The topological polar surface area (TPSA) is 53.4 Å². The van der Waals surface area contributed by atoms with Crippen molar-refractivity contribution in [3.05, 3.63) is 102 Å². The van der Waals surface area contributed by atoms with Crippen molar-refractivity contribution in [2.45, 2.75) is 12.3 Å². The minimum absolute atomic E-state index is 0.385. The van der Waals surface area contributed by atoms with Crippen molar-refractivity contribution < 1.29 is 9.46 Å². The number of pyridine rings is 1. The lowest BCUT2D eigenvalue weighted by Gasteiger charge is -2.24. The van der Waals surface area contributed by atoms with Crippen LogP contribution in [0.1, 0.15) is 11.1 Å². The highest BCUT2D eigenvalue weighted by molar-refractivity contribution is 8.55. The highest BCUT2D eigenvalue weighted by atomic mass is 32.7. The average molecular weight is 459 g/mol. The fourth-order valence-electron chi connectivity index (χ4n) is 4.13. The maximum atomic E-state index is 13.3. The standard InChI is InChI=1S/C26H23N2O2PS/c1-28(31(29,30)32-18-22-11-6-10-19-12-7-15-27-26(19)22)17-25-23-13-4-2-8-20(23)16-21-9-3-5-14-24(21)25/h2-16H,17-18H2,1H3,(H,29,30). The molecule has 5 aromatic rings. The Labute approximate surface area is 191 Å². The second kappa shape index (κ2) is 8.68.